The number of methoxy groups -OCH3 is 1. The SMILES string of the molecule is CCN(Cc1ccc(OC)cc1)C(=O)Cn1c(=O)oc2ccccc21. The lowest BCUT2D eigenvalue weighted by Gasteiger charge is -2.21. The fourth-order valence-electron chi connectivity index (χ4n) is 2.73. The first-order chi connectivity index (χ1) is 12.1. The van der Waals surface area contributed by atoms with Crippen molar-refractivity contribution in [1.82, 2.24) is 9.47 Å². The maximum atomic E-state index is 12.7. The Balaban J connectivity index is 1.77. The highest BCUT2D eigenvalue weighted by atomic mass is 16.5. The lowest BCUT2D eigenvalue weighted by Crippen LogP contribution is -2.35. The molecule has 0 aliphatic rings. The molecule has 3 aromatic rings. The summed E-state index contributed by atoms with van der Waals surface area (Å²) < 4.78 is 11.7. The number of carbonyl (C=O) groups excluding carboxylic acids is 1. The summed E-state index contributed by atoms with van der Waals surface area (Å²) >= 11 is 0. The van der Waals surface area contributed by atoms with Crippen LogP contribution in [0, 0.1) is 0 Å². The van der Waals surface area contributed by atoms with Gasteiger partial charge in [-0.25, -0.2) is 4.79 Å². The number of likely N-dealkylation sites (N-methyl/N-ethyl adjacent to an activating group) is 1. The summed E-state index contributed by atoms with van der Waals surface area (Å²) in [5.74, 6) is 0.122. The van der Waals surface area contributed by atoms with E-state index < -0.39 is 5.76 Å². The van der Waals surface area contributed by atoms with Crippen LogP contribution in [0.3, 0.4) is 0 Å². The second-order valence-electron chi connectivity index (χ2n) is 5.68. The fraction of sp³-hybridized carbons (Fsp3) is 0.263. The van der Waals surface area contributed by atoms with Crippen molar-refractivity contribution in [3.05, 3.63) is 64.6 Å². The van der Waals surface area contributed by atoms with E-state index in [-0.39, 0.29) is 12.5 Å². The molecule has 25 heavy (non-hydrogen) atoms. The summed E-state index contributed by atoms with van der Waals surface area (Å²) in [6.45, 7) is 2.90. The molecule has 0 atom stereocenters. The lowest BCUT2D eigenvalue weighted by molar-refractivity contribution is -0.132. The summed E-state index contributed by atoms with van der Waals surface area (Å²) in [6, 6.07) is 14.7. The Morgan fingerprint density at radius 3 is 2.56 bits per heavy atom. The summed E-state index contributed by atoms with van der Waals surface area (Å²) in [6.07, 6.45) is 0. The molecular weight excluding hydrogens is 320 g/mol. The molecular formula is C19H20N2O4. The number of rotatable bonds is 6. The van der Waals surface area contributed by atoms with Crippen LogP contribution in [0.5, 0.6) is 5.75 Å². The van der Waals surface area contributed by atoms with Gasteiger partial charge in [0.2, 0.25) is 5.91 Å². The van der Waals surface area contributed by atoms with E-state index in [1.54, 1.807) is 30.2 Å². The Hall–Kier alpha value is -3.02. The molecule has 130 valence electrons. The van der Waals surface area contributed by atoms with Crippen molar-refractivity contribution in [3.63, 3.8) is 0 Å². The molecule has 0 N–H and O–H groups in total. The van der Waals surface area contributed by atoms with Crippen molar-refractivity contribution in [2.24, 2.45) is 0 Å². The zero-order valence-electron chi connectivity index (χ0n) is 14.3. The first-order valence-corrected chi connectivity index (χ1v) is 8.11. The summed E-state index contributed by atoms with van der Waals surface area (Å²) in [5, 5.41) is 0. The topological polar surface area (TPSA) is 64.7 Å². The third-order valence-electron chi connectivity index (χ3n) is 4.13. The summed E-state index contributed by atoms with van der Waals surface area (Å²) in [5.41, 5.74) is 2.11. The number of ether oxygens (including phenoxy) is 1. The lowest BCUT2D eigenvalue weighted by atomic mass is 10.2. The average molecular weight is 340 g/mol. The highest BCUT2D eigenvalue weighted by Gasteiger charge is 2.17. The molecule has 0 spiro atoms. The van der Waals surface area contributed by atoms with E-state index in [2.05, 4.69) is 0 Å². The molecule has 0 saturated heterocycles. The van der Waals surface area contributed by atoms with Gasteiger partial charge in [0.1, 0.15) is 12.3 Å². The summed E-state index contributed by atoms with van der Waals surface area (Å²) in [4.78, 5) is 26.4. The van der Waals surface area contributed by atoms with Crippen LogP contribution < -0.4 is 10.5 Å². The largest absolute Gasteiger partial charge is 0.497 e. The molecule has 0 saturated carbocycles. The minimum atomic E-state index is -0.518. The Labute approximate surface area is 145 Å². The number of aromatic nitrogens is 1. The number of para-hydroxylation sites is 2. The molecule has 6 heteroatoms. The highest BCUT2D eigenvalue weighted by Crippen LogP contribution is 2.15. The van der Waals surface area contributed by atoms with Gasteiger partial charge in [-0.05, 0) is 36.8 Å². The number of carbonyl (C=O) groups is 1. The van der Waals surface area contributed by atoms with Gasteiger partial charge in [-0.3, -0.25) is 9.36 Å². The molecule has 0 unspecified atom stereocenters. The van der Waals surface area contributed by atoms with Crippen molar-refractivity contribution in [3.8, 4) is 5.75 Å². The molecule has 0 aliphatic carbocycles. The Morgan fingerprint density at radius 1 is 1.16 bits per heavy atom. The smallest absolute Gasteiger partial charge is 0.420 e. The second kappa shape index (κ2) is 7.25. The molecule has 1 heterocycles. The Bertz CT molecular complexity index is 924. The van der Waals surface area contributed by atoms with E-state index in [0.717, 1.165) is 11.3 Å². The van der Waals surface area contributed by atoms with Crippen LogP contribution in [-0.4, -0.2) is 29.0 Å². The van der Waals surface area contributed by atoms with Gasteiger partial charge in [-0.15, -0.1) is 0 Å². The van der Waals surface area contributed by atoms with E-state index in [4.69, 9.17) is 9.15 Å². The molecule has 3 rings (SSSR count). The van der Waals surface area contributed by atoms with E-state index >= 15 is 0 Å². The molecule has 6 nitrogen and oxygen atoms in total. The highest BCUT2D eigenvalue weighted by molar-refractivity contribution is 5.79. The number of hydrogen-bond donors (Lipinski definition) is 0. The average Bonchev–Trinajstić information content (AvgIpc) is 2.95. The molecule has 0 bridgehead atoms. The van der Waals surface area contributed by atoms with E-state index in [0.29, 0.717) is 24.2 Å². The van der Waals surface area contributed by atoms with Gasteiger partial charge < -0.3 is 14.1 Å². The van der Waals surface area contributed by atoms with Crippen molar-refractivity contribution in [2.45, 2.75) is 20.0 Å². The number of amides is 1. The molecule has 1 amide bonds. The van der Waals surface area contributed by atoms with Crippen LogP contribution in [-0.2, 0) is 17.9 Å². The van der Waals surface area contributed by atoms with Gasteiger partial charge in [0.15, 0.2) is 5.58 Å². The van der Waals surface area contributed by atoms with Crippen LogP contribution in [0.25, 0.3) is 11.1 Å². The van der Waals surface area contributed by atoms with Crippen LogP contribution in [0.1, 0.15) is 12.5 Å². The first kappa shape index (κ1) is 16.8. The molecule has 1 aromatic heterocycles. The van der Waals surface area contributed by atoms with Crippen molar-refractivity contribution in [1.29, 1.82) is 0 Å². The third kappa shape index (κ3) is 3.57. The van der Waals surface area contributed by atoms with Gasteiger partial charge in [-0.2, -0.15) is 0 Å². The van der Waals surface area contributed by atoms with Crippen LogP contribution in [0.2, 0.25) is 0 Å². The predicted molar refractivity (Wildman–Crippen MR) is 94.6 cm³/mol. The zero-order chi connectivity index (χ0) is 17.8. The van der Waals surface area contributed by atoms with Crippen LogP contribution >= 0.6 is 0 Å². The van der Waals surface area contributed by atoms with Gasteiger partial charge in [0.25, 0.3) is 0 Å². The van der Waals surface area contributed by atoms with Crippen molar-refractivity contribution < 1.29 is 13.9 Å². The molecule has 0 aliphatic heterocycles. The van der Waals surface area contributed by atoms with Gasteiger partial charge >= 0.3 is 5.76 Å². The predicted octanol–water partition coefficient (Wildman–Crippen LogP) is 2.65. The number of nitrogens with zero attached hydrogens (tertiary/aromatic N) is 2. The fourth-order valence-corrected chi connectivity index (χ4v) is 2.73. The van der Waals surface area contributed by atoms with Gasteiger partial charge in [0.05, 0.1) is 12.6 Å². The maximum Gasteiger partial charge on any atom is 0.420 e. The van der Waals surface area contributed by atoms with Crippen molar-refractivity contribution in [2.75, 3.05) is 13.7 Å². The van der Waals surface area contributed by atoms with Crippen molar-refractivity contribution >= 4 is 17.0 Å². The monoisotopic (exact) mass is 340 g/mol. The molecule has 0 radical (unpaired) electrons. The number of fused-ring (bicyclic) bond motifs is 1. The number of oxazole rings is 1. The van der Waals surface area contributed by atoms with E-state index in [1.807, 2.05) is 37.3 Å². The molecule has 2 aromatic carbocycles. The Morgan fingerprint density at radius 2 is 1.88 bits per heavy atom. The number of hydrogen-bond acceptors (Lipinski definition) is 4. The standard InChI is InChI=1S/C19H20N2O4/c1-3-20(12-14-8-10-15(24-2)11-9-14)18(22)13-21-16-6-4-5-7-17(16)25-19(21)23/h4-11H,3,12-13H2,1-2H3. The van der Waals surface area contributed by atoms with E-state index in [1.165, 1.54) is 4.57 Å². The normalized spacial score (nSPS) is 10.8. The van der Waals surface area contributed by atoms with Crippen LogP contribution in [0.4, 0.5) is 0 Å². The van der Waals surface area contributed by atoms with E-state index in [9.17, 15) is 9.59 Å². The quantitative estimate of drug-likeness (QED) is 0.692. The molecule has 0 fully saturated rings. The van der Waals surface area contributed by atoms with Crippen LogP contribution in [0.15, 0.2) is 57.7 Å². The van der Waals surface area contributed by atoms with Gasteiger partial charge in [0, 0.05) is 13.1 Å². The maximum absolute atomic E-state index is 12.7. The second-order valence-corrected chi connectivity index (χ2v) is 5.68. The Kier molecular flexibility index (Phi) is 4.88. The minimum absolute atomic E-state index is 0.0418. The minimum Gasteiger partial charge on any atom is -0.497 e. The zero-order valence-corrected chi connectivity index (χ0v) is 14.3. The number of benzene rings is 2. The summed E-state index contributed by atoms with van der Waals surface area (Å²) in [7, 11) is 1.61. The third-order valence-corrected chi connectivity index (χ3v) is 4.13. The first-order valence-electron chi connectivity index (χ1n) is 8.11. The van der Waals surface area contributed by atoms with Gasteiger partial charge in [-0.1, -0.05) is 24.3 Å².